The molecular weight excluding hydrogens is 382 g/mol. The van der Waals surface area contributed by atoms with Gasteiger partial charge in [0.05, 0.1) is 34.8 Å². The van der Waals surface area contributed by atoms with E-state index in [1.165, 1.54) is 0 Å². The topological polar surface area (TPSA) is 105 Å². The Morgan fingerprint density at radius 2 is 1.83 bits per heavy atom. The van der Waals surface area contributed by atoms with E-state index in [4.69, 9.17) is 4.74 Å². The van der Waals surface area contributed by atoms with Gasteiger partial charge in [-0.3, -0.25) is 14.8 Å². The quantitative estimate of drug-likeness (QED) is 0.542. The van der Waals surface area contributed by atoms with E-state index in [0.29, 0.717) is 41.3 Å². The fraction of sp³-hybridized carbons (Fsp3) is 0.273. The Bertz CT molecular complexity index is 1080. The summed E-state index contributed by atoms with van der Waals surface area (Å²) in [6, 6.07) is 6.92. The van der Waals surface area contributed by atoms with Gasteiger partial charge in [0.25, 0.3) is 5.91 Å². The summed E-state index contributed by atoms with van der Waals surface area (Å²) < 4.78 is 4.95. The average molecular weight is 407 g/mol. The number of methoxy groups -OCH3 is 1. The first kappa shape index (κ1) is 21.2. The number of nitrogens with zero attached hydrogens (tertiary/aromatic N) is 2. The first-order valence-corrected chi connectivity index (χ1v) is 9.58. The van der Waals surface area contributed by atoms with E-state index in [0.717, 1.165) is 16.5 Å². The molecule has 0 saturated carbocycles. The molecule has 3 amide bonds. The number of hydrogen-bond donors (Lipinski definition) is 3. The van der Waals surface area contributed by atoms with Crippen LogP contribution in [-0.4, -0.2) is 42.2 Å². The van der Waals surface area contributed by atoms with E-state index in [1.54, 1.807) is 38.6 Å². The highest BCUT2D eigenvalue weighted by atomic mass is 16.5. The van der Waals surface area contributed by atoms with Gasteiger partial charge in [0, 0.05) is 31.4 Å². The van der Waals surface area contributed by atoms with E-state index in [9.17, 15) is 9.59 Å². The number of aromatic nitrogens is 2. The normalized spacial score (nSPS) is 10.7. The molecule has 1 aromatic carbocycles. The number of urea groups is 1. The van der Waals surface area contributed by atoms with Gasteiger partial charge in [-0.1, -0.05) is 12.1 Å². The van der Waals surface area contributed by atoms with Crippen LogP contribution in [0.5, 0.6) is 0 Å². The van der Waals surface area contributed by atoms with Crippen molar-refractivity contribution >= 4 is 34.2 Å². The standard InChI is InChI=1S/C22H25N5O3/c1-13-8-9-23-15(3)18(13)21(28)26-17-7-5-6-16-19(14(2)12-25-20(16)17)27-22(29)24-10-11-30-4/h5-9,12H,10-11H2,1-4H3,(H,26,28)(H2,24,25,27,29). The van der Waals surface area contributed by atoms with Crippen molar-refractivity contribution in [1.82, 2.24) is 15.3 Å². The number of carbonyl (C=O) groups excluding carboxylic acids is 2. The zero-order valence-corrected chi connectivity index (χ0v) is 17.5. The number of carbonyl (C=O) groups is 2. The largest absolute Gasteiger partial charge is 0.383 e. The number of anilines is 2. The number of ether oxygens (including phenoxy) is 1. The molecule has 0 aliphatic heterocycles. The number of hydrogen-bond acceptors (Lipinski definition) is 5. The molecule has 0 spiro atoms. The number of amides is 3. The van der Waals surface area contributed by atoms with Gasteiger partial charge in [-0.15, -0.1) is 0 Å². The van der Waals surface area contributed by atoms with E-state index in [2.05, 4.69) is 25.9 Å². The predicted octanol–water partition coefficient (Wildman–Crippen LogP) is 3.58. The summed E-state index contributed by atoms with van der Waals surface area (Å²) in [6.45, 7) is 6.36. The number of pyridine rings is 2. The Hall–Kier alpha value is -3.52. The summed E-state index contributed by atoms with van der Waals surface area (Å²) in [5.74, 6) is -0.250. The maximum Gasteiger partial charge on any atom is 0.319 e. The highest BCUT2D eigenvalue weighted by Gasteiger charge is 2.16. The lowest BCUT2D eigenvalue weighted by molar-refractivity contribution is 0.102. The van der Waals surface area contributed by atoms with E-state index in [-0.39, 0.29) is 11.9 Å². The maximum atomic E-state index is 12.9. The SMILES string of the molecule is COCCNC(=O)Nc1c(C)cnc2c(NC(=O)c3c(C)ccnc3C)cccc12. The molecule has 3 aromatic rings. The van der Waals surface area contributed by atoms with Gasteiger partial charge in [-0.2, -0.15) is 0 Å². The molecule has 0 fully saturated rings. The van der Waals surface area contributed by atoms with Crippen molar-refractivity contribution in [1.29, 1.82) is 0 Å². The number of aryl methyl sites for hydroxylation is 3. The molecule has 0 atom stereocenters. The second kappa shape index (κ2) is 9.32. The molecule has 0 saturated heterocycles. The number of fused-ring (bicyclic) bond motifs is 1. The maximum absolute atomic E-state index is 12.9. The average Bonchev–Trinajstić information content (AvgIpc) is 2.70. The number of nitrogens with one attached hydrogen (secondary N) is 3. The first-order chi connectivity index (χ1) is 14.4. The van der Waals surface area contributed by atoms with Gasteiger partial charge >= 0.3 is 6.03 Å². The summed E-state index contributed by atoms with van der Waals surface area (Å²) >= 11 is 0. The molecule has 0 radical (unpaired) electrons. The lowest BCUT2D eigenvalue weighted by atomic mass is 10.1. The summed E-state index contributed by atoms with van der Waals surface area (Å²) in [5.41, 5.74) is 4.64. The van der Waals surface area contributed by atoms with E-state index >= 15 is 0 Å². The van der Waals surface area contributed by atoms with Gasteiger partial charge in [-0.05, 0) is 44.0 Å². The molecule has 8 nitrogen and oxygen atoms in total. The minimum Gasteiger partial charge on any atom is -0.383 e. The molecule has 0 bridgehead atoms. The molecule has 3 N–H and O–H groups in total. The van der Waals surface area contributed by atoms with Crippen LogP contribution in [0.3, 0.4) is 0 Å². The van der Waals surface area contributed by atoms with Crippen molar-refractivity contribution in [2.24, 2.45) is 0 Å². The van der Waals surface area contributed by atoms with Crippen LogP contribution < -0.4 is 16.0 Å². The predicted molar refractivity (Wildman–Crippen MR) is 117 cm³/mol. The summed E-state index contributed by atoms with van der Waals surface area (Å²) in [7, 11) is 1.57. The summed E-state index contributed by atoms with van der Waals surface area (Å²) in [6.07, 6.45) is 3.35. The summed E-state index contributed by atoms with van der Waals surface area (Å²) in [5, 5.41) is 9.28. The van der Waals surface area contributed by atoms with Crippen LogP contribution in [0.25, 0.3) is 10.9 Å². The van der Waals surface area contributed by atoms with Crippen LogP contribution in [0.4, 0.5) is 16.2 Å². The fourth-order valence-electron chi connectivity index (χ4n) is 3.24. The van der Waals surface area contributed by atoms with Crippen molar-refractivity contribution < 1.29 is 14.3 Å². The van der Waals surface area contributed by atoms with E-state index < -0.39 is 0 Å². The monoisotopic (exact) mass is 407 g/mol. The third-order valence-corrected chi connectivity index (χ3v) is 4.74. The smallest absolute Gasteiger partial charge is 0.319 e. The van der Waals surface area contributed by atoms with Gasteiger partial charge in [0.2, 0.25) is 0 Å². The van der Waals surface area contributed by atoms with Gasteiger partial charge in [0.15, 0.2) is 0 Å². The van der Waals surface area contributed by atoms with Crippen LogP contribution in [0, 0.1) is 20.8 Å². The van der Waals surface area contributed by atoms with Crippen molar-refractivity contribution in [2.45, 2.75) is 20.8 Å². The molecule has 0 unspecified atom stereocenters. The van der Waals surface area contributed by atoms with Crippen LogP contribution in [0.2, 0.25) is 0 Å². The van der Waals surface area contributed by atoms with Crippen molar-refractivity contribution in [3.63, 3.8) is 0 Å². The van der Waals surface area contributed by atoms with Gasteiger partial charge < -0.3 is 20.7 Å². The highest BCUT2D eigenvalue weighted by molar-refractivity contribution is 6.12. The van der Waals surface area contributed by atoms with Gasteiger partial charge in [-0.25, -0.2) is 4.79 Å². The number of para-hydroxylation sites is 1. The second-order valence-electron chi connectivity index (χ2n) is 6.93. The molecule has 156 valence electrons. The van der Waals surface area contributed by atoms with Crippen LogP contribution in [0.15, 0.2) is 36.7 Å². The Morgan fingerprint density at radius 3 is 2.57 bits per heavy atom. The molecule has 2 aromatic heterocycles. The number of benzene rings is 1. The lowest BCUT2D eigenvalue weighted by Gasteiger charge is -2.15. The Labute approximate surface area is 175 Å². The molecule has 3 rings (SSSR count). The zero-order valence-electron chi connectivity index (χ0n) is 17.5. The molecule has 8 heteroatoms. The zero-order chi connectivity index (χ0) is 21.7. The highest BCUT2D eigenvalue weighted by Crippen LogP contribution is 2.30. The minimum atomic E-state index is -0.335. The summed E-state index contributed by atoms with van der Waals surface area (Å²) in [4.78, 5) is 33.8. The first-order valence-electron chi connectivity index (χ1n) is 9.58. The number of rotatable bonds is 6. The molecule has 2 heterocycles. The Balaban J connectivity index is 1.92. The van der Waals surface area contributed by atoms with Crippen molar-refractivity contribution in [2.75, 3.05) is 30.9 Å². The van der Waals surface area contributed by atoms with E-state index in [1.807, 2.05) is 26.0 Å². The van der Waals surface area contributed by atoms with Crippen molar-refractivity contribution in [3.8, 4) is 0 Å². The molecular formula is C22H25N5O3. The molecule has 0 aliphatic carbocycles. The lowest BCUT2D eigenvalue weighted by Crippen LogP contribution is -2.31. The van der Waals surface area contributed by atoms with Crippen LogP contribution >= 0.6 is 0 Å². The molecule has 30 heavy (non-hydrogen) atoms. The fourth-order valence-corrected chi connectivity index (χ4v) is 3.24. The molecule has 0 aliphatic rings. The Kier molecular flexibility index (Phi) is 6.58. The second-order valence-corrected chi connectivity index (χ2v) is 6.93. The Morgan fingerprint density at radius 1 is 1.03 bits per heavy atom. The minimum absolute atomic E-state index is 0.250. The third-order valence-electron chi connectivity index (χ3n) is 4.74. The van der Waals surface area contributed by atoms with Crippen LogP contribution in [0.1, 0.15) is 27.2 Å². The third kappa shape index (κ3) is 4.55. The van der Waals surface area contributed by atoms with Crippen LogP contribution in [-0.2, 0) is 4.74 Å². The van der Waals surface area contributed by atoms with Gasteiger partial charge in [0.1, 0.15) is 0 Å². The van der Waals surface area contributed by atoms with Crippen molar-refractivity contribution in [3.05, 3.63) is 59.0 Å².